The molecular formula is C15H22N4O2S. The number of amides is 3. The molecule has 0 aromatic carbocycles. The van der Waals surface area contributed by atoms with Crippen LogP contribution in [0.15, 0.2) is 5.38 Å². The molecule has 2 heterocycles. The fraction of sp³-hybridized carbons (Fsp3) is 0.667. The van der Waals surface area contributed by atoms with Crippen LogP contribution in [0, 0.1) is 5.92 Å². The number of hydrogen-bond donors (Lipinski definition) is 2. The molecule has 0 spiro atoms. The summed E-state index contributed by atoms with van der Waals surface area (Å²) in [4.78, 5) is 30.7. The van der Waals surface area contributed by atoms with E-state index in [1.54, 1.807) is 4.90 Å². The first-order valence-electron chi connectivity index (χ1n) is 7.85. The Kier molecular flexibility index (Phi) is 4.33. The molecule has 2 fully saturated rings. The van der Waals surface area contributed by atoms with Crippen molar-refractivity contribution in [1.82, 2.24) is 15.2 Å². The van der Waals surface area contributed by atoms with E-state index >= 15 is 0 Å². The fourth-order valence-electron chi connectivity index (χ4n) is 2.71. The molecule has 0 unspecified atom stereocenters. The molecule has 3 amide bonds. The Hall–Kier alpha value is -1.63. The van der Waals surface area contributed by atoms with Crippen molar-refractivity contribution >= 4 is 28.4 Å². The number of nitrogens with zero attached hydrogens (tertiary/aromatic N) is 2. The molecule has 7 heteroatoms. The van der Waals surface area contributed by atoms with Gasteiger partial charge in [0.05, 0.1) is 5.69 Å². The zero-order valence-electron chi connectivity index (χ0n) is 13.0. The summed E-state index contributed by atoms with van der Waals surface area (Å²) in [6.07, 6.45) is 3.06. The third-order valence-electron chi connectivity index (χ3n) is 4.02. The normalized spacial score (nSPS) is 21.9. The summed E-state index contributed by atoms with van der Waals surface area (Å²) in [7, 11) is 0. The first-order valence-corrected chi connectivity index (χ1v) is 8.73. The predicted molar refractivity (Wildman–Crippen MR) is 86.1 cm³/mol. The topological polar surface area (TPSA) is 74.3 Å². The van der Waals surface area contributed by atoms with Gasteiger partial charge in [-0.15, -0.1) is 11.3 Å². The molecule has 1 aliphatic carbocycles. The number of hydrogen-bond acceptors (Lipinski definition) is 4. The van der Waals surface area contributed by atoms with Crippen molar-refractivity contribution in [2.75, 3.05) is 18.4 Å². The standard InChI is InChI=1S/C15H22N4O2S/c1-9(2)7-12-13(20)16-5-6-19(12)15(21)18-14-17-11(8-22-14)10-3-4-10/h8-10,12H,3-7H2,1-2H3,(H,16,20)(H,17,18,21)/t12-/m0/s1. The summed E-state index contributed by atoms with van der Waals surface area (Å²) in [6, 6.07) is -0.617. The van der Waals surface area contributed by atoms with Crippen molar-refractivity contribution < 1.29 is 9.59 Å². The summed E-state index contributed by atoms with van der Waals surface area (Å²) in [5.74, 6) is 0.870. The van der Waals surface area contributed by atoms with Gasteiger partial charge in [-0.05, 0) is 25.2 Å². The number of piperazine rings is 1. The lowest BCUT2D eigenvalue weighted by Crippen LogP contribution is -2.58. The number of urea groups is 1. The number of anilines is 1. The smallest absolute Gasteiger partial charge is 0.324 e. The van der Waals surface area contributed by atoms with Gasteiger partial charge in [0.1, 0.15) is 6.04 Å². The van der Waals surface area contributed by atoms with Gasteiger partial charge >= 0.3 is 6.03 Å². The first kappa shape index (κ1) is 15.3. The average molecular weight is 322 g/mol. The lowest BCUT2D eigenvalue weighted by Gasteiger charge is -2.35. The zero-order valence-corrected chi connectivity index (χ0v) is 13.8. The monoisotopic (exact) mass is 322 g/mol. The van der Waals surface area contributed by atoms with Crippen molar-refractivity contribution in [1.29, 1.82) is 0 Å². The number of carbonyl (C=O) groups is 2. The largest absolute Gasteiger partial charge is 0.353 e. The Morgan fingerprint density at radius 1 is 1.55 bits per heavy atom. The van der Waals surface area contributed by atoms with E-state index in [0.29, 0.717) is 36.5 Å². The van der Waals surface area contributed by atoms with E-state index in [1.807, 2.05) is 5.38 Å². The summed E-state index contributed by atoms with van der Waals surface area (Å²) < 4.78 is 0. The quantitative estimate of drug-likeness (QED) is 0.894. The second-order valence-corrected chi connectivity index (χ2v) is 7.27. The molecule has 6 nitrogen and oxygen atoms in total. The molecule has 2 aliphatic rings. The van der Waals surface area contributed by atoms with Gasteiger partial charge in [0.15, 0.2) is 5.13 Å². The SMILES string of the molecule is CC(C)C[C@H]1C(=O)NCCN1C(=O)Nc1nc(C2CC2)cs1. The van der Waals surface area contributed by atoms with Crippen LogP contribution in [-0.2, 0) is 4.79 Å². The number of carbonyl (C=O) groups excluding carboxylic acids is 2. The van der Waals surface area contributed by atoms with Crippen molar-refractivity contribution in [2.24, 2.45) is 5.92 Å². The Morgan fingerprint density at radius 3 is 3.00 bits per heavy atom. The van der Waals surface area contributed by atoms with Crippen LogP contribution >= 0.6 is 11.3 Å². The maximum atomic E-state index is 12.5. The van der Waals surface area contributed by atoms with E-state index in [0.717, 1.165) is 5.69 Å². The molecule has 0 bridgehead atoms. The summed E-state index contributed by atoms with van der Waals surface area (Å²) in [5.41, 5.74) is 1.08. The first-order chi connectivity index (χ1) is 10.5. The fourth-order valence-corrected chi connectivity index (χ4v) is 3.49. The van der Waals surface area contributed by atoms with Crippen LogP contribution < -0.4 is 10.6 Å². The second kappa shape index (κ2) is 6.24. The molecule has 120 valence electrons. The van der Waals surface area contributed by atoms with E-state index in [2.05, 4.69) is 29.5 Å². The molecular weight excluding hydrogens is 300 g/mol. The van der Waals surface area contributed by atoms with Gasteiger partial charge in [-0.25, -0.2) is 9.78 Å². The lowest BCUT2D eigenvalue weighted by molar-refractivity contribution is -0.128. The van der Waals surface area contributed by atoms with Crippen LogP contribution in [0.3, 0.4) is 0 Å². The highest BCUT2D eigenvalue weighted by molar-refractivity contribution is 7.13. The van der Waals surface area contributed by atoms with E-state index in [9.17, 15) is 9.59 Å². The van der Waals surface area contributed by atoms with Gasteiger partial charge in [-0.1, -0.05) is 13.8 Å². The second-order valence-electron chi connectivity index (χ2n) is 6.41. The number of rotatable bonds is 4. The van der Waals surface area contributed by atoms with Crippen LogP contribution in [0.1, 0.15) is 44.7 Å². The van der Waals surface area contributed by atoms with Gasteiger partial charge in [0.2, 0.25) is 5.91 Å². The van der Waals surface area contributed by atoms with Gasteiger partial charge in [-0.3, -0.25) is 10.1 Å². The molecule has 1 aromatic rings. The molecule has 22 heavy (non-hydrogen) atoms. The molecule has 1 atom stereocenters. The number of thiazole rings is 1. The molecule has 2 N–H and O–H groups in total. The minimum Gasteiger partial charge on any atom is -0.353 e. The third kappa shape index (κ3) is 3.40. The molecule has 1 aromatic heterocycles. The molecule has 1 saturated carbocycles. The molecule has 3 rings (SSSR count). The highest BCUT2D eigenvalue weighted by Crippen LogP contribution is 2.40. The Balaban J connectivity index is 1.66. The van der Waals surface area contributed by atoms with Crippen molar-refractivity contribution in [3.8, 4) is 0 Å². The lowest BCUT2D eigenvalue weighted by atomic mass is 10.0. The van der Waals surface area contributed by atoms with Gasteiger partial charge in [0.25, 0.3) is 0 Å². The van der Waals surface area contributed by atoms with E-state index in [4.69, 9.17) is 0 Å². The summed E-state index contributed by atoms with van der Waals surface area (Å²) >= 11 is 1.46. The van der Waals surface area contributed by atoms with E-state index in [-0.39, 0.29) is 11.9 Å². The summed E-state index contributed by atoms with van der Waals surface area (Å²) in [6.45, 7) is 5.16. The highest BCUT2D eigenvalue weighted by Gasteiger charge is 2.34. The third-order valence-corrected chi connectivity index (χ3v) is 4.79. The molecule has 0 radical (unpaired) electrons. The maximum absolute atomic E-state index is 12.5. The molecule has 1 aliphatic heterocycles. The van der Waals surface area contributed by atoms with Crippen LogP contribution in [0.4, 0.5) is 9.93 Å². The van der Waals surface area contributed by atoms with Crippen molar-refractivity contribution in [3.05, 3.63) is 11.1 Å². The van der Waals surface area contributed by atoms with Gasteiger partial charge in [0, 0.05) is 24.4 Å². The average Bonchev–Trinajstić information content (AvgIpc) is 3.21. The van der Waals surface area contributed by atoms with Gasteiger partial charge < -0.3 is 10.2 Å². The van der Waals surface area contributed by atoms with E-state index in [1.165, 1.54) is 24.2 Å². The number of nitrogens with one attached hydrogen (secondary N) is 2. The predicted octanol–water partition coefficient (Wildman–Crippen LogP) is 2.40. The van der Waals surface area contributed by atoms with E-state index < -0.39 is 6.04 Å². The van der Waals surface area contributed by atoms with Crippen molar-refractivity contribution in [2.45, 2.75) is 45.1 Å². The van der Waals surface area contributed by atoms with Gasteiger partial charge in [-0.2, -0.15) is 0 Å². The Bertz CT molecular complexity index is 568. The van der Waals surface area contributed by atoms with Crippen LogP contribution in [0.25, 0.3) is 0 Å². The minimum absolute atomic E-state index is 0.0621. The number of aromatic nitrogens is 1. The van der Waals surface area contributed by atoms with Crippen LogP contribution in [-0.4, -0.2) is 41.0 Å². The summed E-state index contributed by atoms with van der Waals surface area (Å²) in [5, 5.41) is 8.33. The highest BCUT2D eigenvalue weighted by atomic mass is 32.1. The maximum Gasteiger partial charge on any atom is 0.324 e. The van der Waals surface area contributed by atoms with Crippen LogP contribution in [0.5, 0.6) is 0 Å². The molecule has 1 saturated heterocycles. The zero-order chi connectivity index (χ0) is 15.7. The van der Waals surface area contributed by atoms with Crippen LogP contribution in [0.2, 0.25) is 0 Å². The minimum atomic E-state index is -0.392. The Labute approximate surface area is 134 Å². The van der Waals surface area contributed by atoms with Crippen molar-refractivity contribution in [3.63, 3.8) is 0 Å². The Morgan fingerprint density at radius 2 is 2.32 bits per heavy atom.